The number of anilines is 1. The molecule has 0 spiro atoms. The lowest BCUT2D eigenvalue weighted by molar-refractivity contribution is 0.410. The summed E-state index contributed by atoms with van der Waals surface area (Å²) in [5.41, 5.74) is 7.67. The summed E-state index contributed by atoms with van der Waals surface area (Å²) in [5, 5.41) is 3.65. The number of aliphatic imine (C=N–C) groups is 1. The minimum Gasteiger partial charge on any atom is -0.496 e. The second-order valence-corrected chi connectivity index (χ2v) is 4.59. The molecule has 0 aromatic heterocycles. The minimum absolute atomic E-state index is 0.355. The quantitative estimate of drug-likeness (QED) is 0.671. The Morgan fingerprint density at radius 3 is 2.70 bits per heavy atom. The van der Waals surface area contributed by atoms with Gasteiger partial charge in [0.2, 0.25) is 0 Å². The van der Waals surface area contributed by atoms with Crippen molar-refractivity contribution < 1.29 is 4.74 Å². The highest BCUT2D eigenvalue weighted by Gasteiger charge is 2.03. The first kappa shape index (κ1) is 14.2. The number of rotatable bonds is 4. The normalized spacial score (nSPS) is 11.2. The van der Waals surface area contributed by atoms with Crippen LogP contribution in [0.3, 0.4) is 0 Å². The van der Waals surface area contributed by atoms with Crippen molar-refractivity contribution in [1.82, 2.24) is 0 Å². The number of hydrogen-bond donors (Lipinski definition) is 2. The molecule has 0 fully saturated rings. The van der Waals surface area contributed by atoms with E-state index in [1.807, 2.05) is 36.4 Å². The van der Waals surface area contributed by atoms with Gasteiger partial charge in [-0.2, -0.15) is 0 Å². The molecule has 20 heavy (non-hydrogen) atoms. The molecule has 3 N–H and O–H groups in total. The van der Waals surface area contributed by atoms with Gasteiger partial charge < -0.3 is 15.8 Å². The fourth-order valence-electron chi connectivity index (χ4n) is 1.73. The SMILES string of the molecule is COc1cc(Cl)ccc1CN=C(N)Nc1ccccc1. The maximum absolute atomic E-state index is 5.91. The van der Waals surface area contributed by atoms with Gasteiger partial charge in [-0.05, 0) is 24.3 Å². The van der Waals surface area contributed by atoms with E-state index in [4.69, 9.17) is 22.1 Å². The van der Waals surface area contributed by atoms with E-state index in [9.17, 15) is 0 Å². The number of benzene rings is 2. The van der Waals surface area contributed by atoms with Crippen LogP contribution in [0.2, 0.25) is 5.02 Å². The zero-order valence-electron chi connectivity index (χ0n) is 11.1. The summed E-state index contributed by atoms with van der Waals surface area (Å²) in [4.78, 5) is 4.29. The molecule has 0 unspecified atom stereocenters. The molecule has 2 aromatic carbocycles. The molecular weight excluding hydrogens is 274 g/mol. The number of hydrogen-bond acceptors (Lipinski definition) is 2. The first-order valence-electron chi connectivity index (χ1n) is 6.13. The molecule has 0 aliphatic carbocycles. The predicted octanol–water partition coefficient (Wildman–Crippen LogP) is 3.28. The average molecular weight is 290 g/mol. The van der Waals surface area contributed by atoms with Crippen LogP contribution >= 0.6 is 11.6 Å². The van der Waals surface area contributed by atoms with Crippen LogP contribution in [0.4, 0.5) is 5.69 Å². The molecule has 5 heteroatoms. The van der Waals surface area contributed by atoms with Crippen LogP contribution in [-0.2, 0) is 6.54 Å². The molecule has 2 rings (SSSR count). The van der Waals surface area contributed by atoms with E-state index in [0.29, 0.717) is 23.3 Å². The number of nitrogens with one attached hydrogen (secondary N) is 1. The standard InChI is InChI=1S/C15H16ClN3O/c1-20-14-9-12(16)8-7-11(14)10-18-15(17)19-13-5-3-2-4-6-13/h2-9H,10H2,1H3,(H3,17,18,19). The molecule has 0 aliphatic rings. The molecule has 0 aliphatic heterocycles. The molecule has 4 nitrogen and oxygen atoms in total. The predicted molar refractivity (Wildman–Crippen MR) is 83.4 cm³/mol. The van der Waals surface area contributed by atoms with Crippen molar-refractivity contribution in [2.75, 3.05) is 12.4 Å². The van der Waals surface area contributed by atoms with E-state index < -0.39 is 0 Å². The lowest BCUT2D eigenvalue weighted by Gasteiger charge is -2.08. The number of methoxy groups -OCH3 is 1. The lowest BCUT2D eigenvalue weighted by Crippen LogP contribution is -2.22. The van der Waals surface area contributed by atoms with Crippen molar-refractivity contribution >= 4 is 23.2 Å². The monoisotopic (exact) mass is 289 g/mol. The van der Waals surface area contributed by atoms with Gasteiger partial charge in [0.1, 0.15) is 5.75 Å². The summed E-state index contributed by atoms with van der Waals surface area (Å²) >= 11 is 5.91. The molecule has 0 atom stereocenters. The van der Waals surface area contributed by atoms with Crippen LogP contribution in [-0.4, -0.2) is 13.1 Å². The summed E-state index contributed by atoms with van der Waals surface area (Å²) in [6.45, 7) is 0.423. The lowest BCUT2D eigenvalue weighted by atomic mass is 10.2. The summed E-state index contributed by atoms with van der Waals surface area (Å²) in [6, 6.07) is 15.1. The number of nitrogens with zero attached hydrogens (tertiary/aromatic N) is 1. The van der Waals surface area contributed by atoms with Crippen LogP contribution in [0.25, 0.3) is 0 Å². The highest BCUT2D eigenvalue weighted by Crippen LogP contribution is 2.23. The van der Waals surface area contributed by atoms with E-state index in [0.717, 1.165) is 11.3 Å². The summed E-state index contributed by atoms with van der Waals surface area (Å²) < 4.78 is 5.26. The number of halogens is 1. The van der Waals surface area contributed by atoms with Gasteiger partial charge in [-0.1, -0.05) is 35.9 Å². The van der Waals surface area contributed by atoms with Gasteiger partial charge >= 0.3 is 0 Å². The third-order valence-electron chi connectivity index (χ3n) is 2.72. The van der Waals surface area contributed by atoms with Crippen molar-refractivity contribution in [2.45, 2.75) is 6.54 Å². The minimum atomic E-state index is 0.355. The van der Waals surface area contributed by atoms with Gasteiger partial charge in [0, 0.05) is 16.3 Å². The number of guanidine groups is 1. The van der Waals surface area contributed by atoms with Gasteiger partial charge in [-0.15, -0.1) is 0 Å². The van der Waals surface area contributed by atoms with Crippen molar-refractivity contribution in [3.63, 3.8) is 0 Å². The zero-order chi connectivity index (χ0) is 14.4. The highest BCUT2D eigenvalue weighted by molar-refractivity contribution is 6.30. The van der Waals surface area contributed by atoms with Gasteiger partial charge in [0.15, 0.2) is 5.96 Å². The fraction of sp³-hybridized carbons (Fsp3) is 0.133. The Morgan fingerprint density at radius 2 is 2.00 bits per heavy atom. The topological polar surface area (TPSA) is 59.6 Å². The second kappa shape index (κ2) is 6.82. The smallest absolute Gasteiger partial charge is 0.193 e. The molecule has 0 bridgehead atoms. The van der Waals surface area contributed by atoms with Gasteiger partial charge in [0.05, 0.1) is 13.7 Å². The third kappa shape index (κ3) is 3.90. The molecule has 0 amide bonds. The summed E-state index contributed by atoms with van der Waals surface area (Å²) in [5.74, 6) is 1.06. The number of nitrogens with two attached hydrogens (primary N) is 1. The Labute approximate surface area is 123 Å². The molecule has 0 heterocycles. The van der Waals surface area contributed by atoms with E-state index in [-0.39, 0.29) is 0 Å². The van der Waals surface area contributed by atoms with Crippen LogP contribution in [0.5, 0.6) is 5.75 Å². The van der Waals surface area contributed by atoms with Crippen LogP contribution in [0.15, 0.2) is 53.5 Å². The Morgan fingerprint density at radius 1 is 1.25 bits per heavy atom. The molecule has 0 radical (unpaired) electrons. The van der Waals surface area contributed by atoms with Gasteiger partial charge in [-0.25, -0.2) is 4.99 Å². The third-order valence-corrected chi connectivity index (χ3v) is 2.95. The van der Waals surface area contributed by atoms with Crippen molar-refractivity contribution in [2.24, 2.45) is 10.7 Å². The van der Waals surface area contributed by atoms with Crippen LogP contribution in [0.1, 0.15) is 5.56 Å². The molecule has 0 saturated heterocycles. The Balaban J connectivity index is 2.05. The average Bonchev–Trinajstić information content (AvgIpc) is 2.47. The summed E-state index contributed by atoms with van der Waals surface area (Å²) in [6.07, 6.45) is 0. The first-order chi connectivity index (χ1) is 9.69. The number of ether oxygens (including phenoxy) is 1. The summed E-state index contributed by atoms with van der Waals surface area (Å²) in [7, 11) is 1.60. The van der Waals surface area contributed by atoms with E-state index in [2.05, 4.69) is 10.3 Å². The Kier molecular flexibility index (Phi) is 4.85. The van der Waals surface area contributed by atoms with Gasteiger partial charge in [-0.3, -0.25) is 0 Å². The molecule has 0 saturated carbocycles. The van der Waals surface area contributed by atoms with Crippen LogP contribution < -0.4 is 15.8 Å². The maximum atomic E-state index is 5.91. The highest BCUT2D eigenvalue weighted by atomic mass is 35.5. The van der Waals surface area contributed by atoms with Crippen molar-refractivity contribution in [3.8, 4) is 5.75 Å². The molecule has 2 aromatic rings. The van der Waals surface area contributed by atoms with E-state index in [1.54, 1.807) is 19.2 Å². The van der Waals surface area contributed by atoms with E-state index in [1.165, 1.54) is 0 Å². The zero-order valence-corrected chi connectivity index (χ0v) is 11.9. The Hall–Kier alpha value is -2.20. The Bertz CT molecular complexity index is 599. The van der Waals surface area contributed by atoms with Crippen molar-refractivity contribution in [3.05, 3.63) is 59.1 Å². The maximum Gasteiger partial charge on any atom is 0.193 e. The van der Waals surface area contributed by atoms with Crippen LogP contribution in [0, 0.1) is 0 Å². The van der Waals surface area contributed by atoms with E-state index >= 15 is 0 Å². The first-order valence-corrected chi connectivity index (χ1v) is 6.51. The second-order valence-electron chi connectivity index (χ2n) is 4.15. The fourth-order valence-corrected chi connectivity index (χ4v) is 1.89. The van der Waals surface area contributed by atoms with Crippen molar-refractivity contribution in [1.29, 1.82) is 0 Å². The largest absolute Gasteiger partial charge is 0.496 e. The molecular formula is C15H16ClN3O. The van der Waals surface area contributed by atoms with Gasteiger partial charge in [0.25, 0.3) is 0 Å². The molecule has 104 valence electrons. The number of para-hydroxylation sites is 1.